The molecule has 0 aromatic carbocycles. The van der Waals surface area contributed by atoms with Crippen molar-refractivity contribution in [3.63, 3.8) is 0 Å². The lowest BCUT2D eigenvalue weighted by Gasteiger charge is -2.45. The second-order valence-corrected chi connectivity index (χ2v) is 5.03. The Labute approximate surface area is 72.5 Å². The molecule has 11 heavy (non-hydrogen) atoms. The van der Waals surface area contributed by atoms with Gasteiger partial charge < -0.3 is 10.8 Å². The first-order valence-electron chi connectivity index (χ1n) is 4.02. The topological polar surface area (TPSA) is 46.2 Å². The van der Waals surface area contributed by atoms with Crippen LogP contribution in [0.25, 0.3) is 0 Å². The van der Waals surface area contributed by atoms with Gasteiger partial charge in [-0.05, 0) is 12.2 Å². The molecule has 1 rings (SSSR count). The summed E-state index contributed by atoms with van der Waals surface area (Å²) in [5, 5.41) is 10.1. The van der Waals surface area contributed by atoms with Crippen molar-refractivity contribution in [2.45, 2.75) is 25.9 Å². The number of rotatable bonds is 1. The van der Waals surface area contributed by atoms with Crippen molar-refractivity contribution in [1.82, 2.24) is 0 Å². The van der Waals surface area contributed by atoms with Crippen LogP contribution in [0.5, 0.6) is 0 Å². The van der Waals surface area contributed by atoms with E-state index in [4.69, 9.17) is 5.73 Å². The van der Waals surface area contributed by atoms with Crippen LogP contribution >= 0.6 is 11.8 Å². The van der Waals surface area contributed by atoms with Crippen molar-refractivity contribution >= 4 is 11.8 Å². The van der Waals surface area contributed by atoms with Gasteiger partial charge in [-0.3, -0.25) is 0 Å². The van der Waals surface area contributed by atoms with Crippen molar-refractivity contribution in [3.8, 4) is 0 Å². The van der Waals surface area contributed by atoms with E-state index in [1.165, 1.54) is 0 Å². The third-order valence-electron chi connectivity index (χ3n) is 2.72. The molecule has 0 aromatic heterocycles. The first kappa shape index (κ1) is 9.36. The SMILES string of the molecule is CC1(C)CSCCC1(O)CN. The van der Waals surface area contributed by atoms with E-state index in [2.05, 4.69) is 13.8 Å². The molecule has 1 fully saturated rings. The molecule has 1 saturated heterocycles. The summed E-state index contributed by atoms with van der Waals surface area (Å²) in [5.41, 5.74) is 4.90. The molecule has 0 bridgehead atoms. The van der Waals surface area contributed by atoms with Crippen LogP contribution in [0.3, 0.4) is 0 Å². The summed E-state index contributed by atoms with van der Waals surface area (Å²) in [5.74, 6) is 2.05. The van der Waals surface area contributed by atoms with Crippen LogP contribution in [-0.4, -0.2) is 28.8 Å². The van der Waals surface area contributed by atoms with Crippen molar-refractivity contribution in [1.29, 1.82) is 0 Å². The molecule has 3 N–H and O–H groups in total. The smallest absolute Gasteiger partial charge is 0.0835 e. The molecule has 0 spiro atoms. The highest BCUT2D eigenvalue weighted by atomic mass is 32.2. The van der Waals surface area contributed by atoms with E-state index in [1.54, 1.807) is 0 Å². The van der Waals surface area contributed by atoms with Gasteiger partial charge in [0.1, 0.15) is 0 Å². The minimum absolute atomic E-state index is 0.0231. The predicted octanol–water partition coefficient (Wildman–Crippen LogP) is 0.839. The molecule has 66 valence electrons. The first-order valence-corrected chi connectivity index (χ1v) is 5.17. The molecule has 0 radical (unpaired) electrons. The van der Waals surface area contributed by atoms with Gasteiger partial charge >= 0.3 is 0 Å². The van der Waals surface area contributed by atoms with Crippen LogP contribution in [0.15, 0.2) is 0 Å². The Balaban J connectivity index is 2.74. The third-order valence-corrected chi connectivity index (χ3v) is 4.14. The van der Waals surface area contributed by atoms with E-state index in [1.807, 2.05) is 11.8 Å². The molecule has 2 nitrogen and oxygen atoms in total. The summed E-state index contributed by atoms with van der Waals surface area (Å²) in [7, 11) is 0. The fraction of sp³-hybridized carbons (Fsp3) is 1.00. The second kappa shape index (κ2) is 2.96. The van der Waals surface area contributed by atoms with Crippen molar-refractivity contribution < 1.29 is 5.11 Å². The first-order chi connectivity index (χ1) is 5.02. The van der Waals surface area contributed by atoms with Crippen LogP contribution in [0.2, 0.25) is 0 Å². The summed E-state index contributed by atoms with van der Waals surface area (Å²) < 4.78 is 0. The Hall–Kier alpha value is 0.270. The van der Waals surface area contributed by atoms with E-state index < -0.39 is 5.60 Å². The zero-order valence-electron chi connectivity index (χ0n) is 7.26. The molecule has 0 amide bonds. The quantitative estimate of drug-likeness (QED) is 0.621. The highest BCUT2D eigenvalue weighted by Crippen LogP contribution is 2.41. The van der Waals surface area contributed by atoms with Gasteiger partial charge in [0, 0.05) is 17.7 Å². The third kappa shape index (κ3) is 1.55. The highest BCUT2D eigenvalue weighted by molar-refractivity contribution is 7.99. The number of nitrogens with two attached hydrogens (primary N) is 1. The summed E-state index contributed by atoms with van der Waals surface area (Å²) in [6, 6.07) is 0. The molecule has 3 heteroatoms. The molecular weight excluding hydrogens is 158 g/mol. The fourth-order valence-corrected chi connectivity index (χ4v) is 2.82. The van der Waals surface area contributed by atoms with Crippen LogP contribution in [0.4, 0.5) is 0 Å². The maximum Gasteiger partial charge on any atom is 0.0835 e. The summed E-state index contributed by atoms with van der Waals surface area (Å²) in [4.78, 5) is 0. The van der Waals surface area contributed by atoms with Crippen LogP contribution in [0.1, 0.15) is 20.3 Å². The number of hydrogen-bond acceptors (Lipinski definition) is 3. The monoisotopic (exact) mass is 175 g/mol. The molecule has 0 saturated carbocycles. The van der Waals surface area contributed by atoms with Gasteiger partial charge in [-0.1, -0.05) is 13.8 Å². The van der Waals surface area contributed by atoms with E-state index in [9.17, 15) is 5.11 Å². The molecule has 1 aliphatic heterocycles. The van der Waals surface area contributed by atoms with Crippen molar-refractivity contribution in [2.24, 2.45) is 11.1 Å². The van der Waals surface area contributed by atoms with Crippen molar-refractivity contribution in [3.05, 3.63) is 0 Å². The molecule has 0 aromatic rings. The molecule has 0 aliphatic carbocycles. The molecule has 1 heterocycles. The van der Waals surface area contributed by atoms with Crippen LogP contribution < -0.4 is 5.73 Å². The van der Waals surface area contributed by atoms with Gasteiger partial charge in [0.05, 0.1) is 5.60 Å². The Morgan fingerprint density at radius 3 is 2.55 bits per heavy atom. The Kier molecular flexibility index (Phi) is 2.52. The zero-order chi connectivity index (χ0) is 8.54. The van der Waals surface area contributed by atoms with Crippen molar-refractivity contribution in [2.75, 3.05) is 18.1 Å². The van der Waals surface area contributed by atoms with Gasteiger partial charge in [0.15, 0.2) is 0 Å². The van der Waals surface area contributed by atoms with Gasteiger partial charge in [0.2, 0.25) is 0 Å². The summed E-state index contributed by atoms with van der Waals surface area (Å²) in [6.07, 6.45) is 0.834. The molecule has 1 atom stereocenters. The minimum atomic E-state index is -0.627. The van der Waals surface area contributed by atoms with E-state index >= 15 is 0 Å². The van der Waals surface area contributed by atoms with Crippen LogP contribution in [0, 0.1) is 5.41 Å². The number of thioether (sulfide) groups is 1. The average Bonchev–Trinajstić information content (AvgIpc) is 1.95. The maximum absolute atomic E-state index is 10.1. The lowest BCUT2D eigenvalue weighted by molar-refractivity contribution is -0.0523. The molecule has 1 unspecified atom stereocenters. The number of hydrogen-bond donors (Lipinski definition) is 2. The van der Waals surface area contributed by atoms with E-state index in [0.29, 0.717) is 6.54 Å². The van der Waals surface area contributed by atoms with Crippen LogP contribution in [-0.2, 0) is 0 Å². The average molecular weight is 175 g/mol. The second-order valence-electron chi connectivity index (χ2n) is 3.92. The van der Waals surface area contributed by atoms with Gasteiger partial charge in [-0.2, -0.15) is 11.8 Å². The lowest BCUT2D eigenvalue weighted by atomic mass is 9.74. The largest absolute Gasteiger partial charge is 0.388 e. The predicted molar refractivity (Wildman–Crippen MR) is 49.7 cm³/mol. The standard InChI is InChI=1S/C8H17NOS/c1-7(2)6-11-4-3-8(7,10)5-9/h10H,3-6,9H2,1-2H3. The Morgan fingerprint density at radius 2 is 2.18 bits per heavy atom. The fourth-order valence-electron chi connectivity index (χ4n) is 1.42. The normalized spacial score (nSPS) is 37.1. The van der Waals surface area contributed by atoms with E-state index in [-0.39, 0.29) is 5.41 Å². The van der Waals surface area contributed by atoms with Gasteiger partial charge in [0.25, 0.3) is 0 Å². The molecular formula is C8H17NOS. The lowest BCUT2D eigenvalue weighted by Crippen LogP contribution is -2.54. The Morgan fingerprint density at radius 1 is 1.55 bits per heavy atom. The van der Waals surface area contributed by atoms with E-state index in [0.717, 1.165) is 17.9 Å². The van der Waals surface area contributed by atoms with Gasteiger partial charge in [-0.25, -0.2) is 0 Å². The van der Waals surface area contributed by atoms with Gasteiger partial charge in [-0.15, -0.1) is 0 Å². The number of aliphatic hydroxyl groups is 1. The minimum Gasteiger partial charge on any atom is -0.388 e. The Bertz CT molecular complexity index is 149. The highest BCUT2D eigenvalue weighted by Gasteiger charge is 2.44. The maximum atomic E-state index is 10.1. The summed E-state index contributed by atoms with van der Waals surface area (Å²) in [6.45, 7) is 4.57. The molecule has 1 aliphatic rings. The zero-order valence-corrected chi connectivity index (χ0v) is 8.08. The summed E-state index contributed by atoms with van der Waals surface area (Å²) >= 11 is 1.90.